The average molecular weight is 755 g/mol. The molecule has 2 saturated heterocycles. The van der Waals surface area contributed by atoms with Crippen molar-refractivity contribution in [1.82, 2.24) is 0 Å². The van der Waals surface area contributed by atoms with Crippen LogP contribution in [0.5, 0.6) is 0 Å². The molecule has 0 aromatic carbocycles. The van der Waals surface area contributed by atoms with Crippen LogP contribution in [0.1, 0.15) is 220 Å². The highest BCUT2D eigenvalue weighted by Gasteiger charge is 2.49. The topological polar surface area (TPSA) is 105 Å². The summed E-state index contributed by atoms with van der Waals surface area (Å²) in [4.78, 5) is 45.8. The third-order valence-corrected chi connectivity index (χ3v) is 15.6. The van der Waals surface area contributed by atoms with Gasteiger partial charge in [-0.2, -0.15) is 0 Å². The number of hydrogen-bond donors (Lipinski definition) is 0. The Hall–Kier alpha value is -1.63. The molecule has 0 radical (unpaired) electrons. The van der Waals surface area contributed by atoms with Gasteiger partial charge < -0.3 is 18.6 Å². The maximum absolute atomic E-state index is 11.4. The minimum absolute atomic E-state index is 0.0479. The number of carbonyl (C=O) groups is 4. The summed E-state index contributed by atoms with van der Waals surface area (Å²) in [6, 6.07) is 0. The highest BCUT2D eigenvalue weighted by Crippen LogP contribution is 2.61. The van der Waals surface area contributed by atoms with Gasteiger partial charge in [0, 0.05) is 32.9 Å². The first-order valence-electron chi connectivity index (χ1n) is 22.1. The predicted octanol–water partition coefficient (Wildman–Crippen LogP) is 12.4. The van der Waals surface area contributed by atoms with Crippen LogP contribution in [-0.4, -0.2) is 55.5 Å². The van der Waals surface area contributed by atoms with Gasteiger partial charge >= 0.3 is 6.96 Å². The van der Waals surface area contributed by atoms with Gasteiger partial charge in [-0.05, 0) is 64.2 Å². The van der Waals surface area contributed by atoms with E-state index in [9.17, 15) is 19.2 Å². The number of carbonyl (C=O) groups excluding carboxylic acids is 4. The molecule has 304 valence electrons. The summed E-state index contributed by atoms with van der Waals surface area (Å²) in [5, 5.41) is 0. The third kappa shape index (κ3) is 24.6. The lowest BCUT2D eigenvalue weighted by Gasteiger charge is -2.40. The minimum atomic E-state index is -3.46. The molecule has 2 heterocycles. The van der Waals surface area contributed by atoms with Gasteiger partial charge in [0.2, 0.25) is 0 Å². The van der Waals surface area contributed by atoms with Crippen molar-refractivity contribution in [3.63, 3.8) is 0 Å². The zero-order valence-electron chi connectivity index (χ0n) is 34.3. The Morgan fingerprint density at radius 2 is 0.577 bits per heavy atom. The Bertz CT molecular complexity index is 834. The normalized spacial score (nSPS) is 16.4. The van der Waals surface area contributed by atoms with E-state index >= 15 is 0 Å². The van der Waals surface area contributed by atoms with E-state index in [1.54, 1.807) is 50.3 Å². The van der Waals surface area contributed by atoms with E-state index in [-0.39, 0.29) is 38.5 Å². The van der Waals surface area contributed by atoms with E-state index in [0.29, 0.717) is 0 Å². The van der Waals surface area contributed by atoms with Gasteiger partial charge in [0.15, 0.2) is 0 Å². The molecule has 10 heteroatoms. The van der Waals surface area contributed by atoms with E-state index in [4.69, 9.17) is 18.6 Å². The van der Waals surface area contributed by atoms with Crippen molar-refractivity contribution in [2.75, 3.05) is 24.6 Å². The molecular weight excluding hydrogens is 674 g/mol. The van der Waals surface area contributed by atoms with Crippen LogP contribution >= 0.6 is 7.26 Å². The Labute approximate surface area is 320 Å². The molecule has 1 spiro atoms. The van der Waals surface area contributed by atoms with Crippen LogP contribution in [0.25, 0.3) is 0 Å². The quantitative estimate of drug-likeness (QED) is 0.0442. The third-order valence-electron chi connectivity index (χ3n) is 10.6. The molecule has 0 aromatic rings. The Kier molecular flexibility index (Phi) is 29.5. The monoisotopic (exact) mass is 755 g/mol. The van der Waals surface area contributed by atoms with Crippen LogP contribution < -0.4 is 0 Å². The number of hydrogen-bond acceptors (Lipinski definition) is 8. The standard InChI is InChI=1S/C32H68P.C10H12BO8/c1-5-9-13-17-18-19-20-21-22-23-24-28-32-33(29-25-14-10-6-2,30-26-15-11-7-3)31-27-16-12-8-4;12-7-3-1-4-8(13)17-11(16-7)18-9(14)5-2-6-10(15)19-11/h5-32H2,1-4H3;1-6H2/q+1;-1. The molecule has 2 fully saturated rings. The highest BCUT2D eigenvalue weighted by molar-refractivity contribution is 7.75. The van der Waals surface area contributed by atoms with Crippen LogP contribution in [0.15, 0.2) is 0 Å². The zero-order valence-corrected chi connectivity index (χ0v) is 35.2. The van der Waals surface area contributed by atoms with Crippen LogP contribution in [0, 0.1) is 0 Å². The van der Waals surface area contributed by atoms with Gasteiger partial charge in [-0.15, -0.1) is 0 Å². The minimum Gasteiger partial charge on any atom is -0.585 e. The van der Waals surface area contributed by atoms with Crippen molar-refractivity contribution >= 4 is 38.1 Å². The molecule has 0 atom stereocenters. The zero-order chi connectivity index (χ0) is 38.2. The van der Waals surface area contributed by atoms with Gasteiger partial charge in [0.1, 0.15) is 0 Å². The van der Waals surface area contributed by atoms with Gasteiger partial charge in [-0.25, -0.2) is 0 Å². The molecule has 2 aliphatic heterocycles. The van der Waals surface area contributed by atoms with Gasteiger partial charge in [0.05, 0.1) is 24.6 Å². The molecule has 8 nitrogen and oxygen atoms in total. The second-order valence-corrected chi connectivity index (χ2v) is 20.0. The smallest absolute Gasteiger partial charge is 0.585 e. The maximum Gasteiger partial charge on any atom is 0.784 e. The summed E-state index contributed by atoms with van der Waals surface area (Å²) in [5.74, 6) is -3.02. The molecular formula is C42H80BO8P. The van der Waals surface area contributed by atoms with E-state index in [2.05, 4.69) is 27.7 Å². The lowest BCUT2D eigenvalue weighted by Crippen LogP contribution is -2.55. The van der Waals surface area contributed by atoms with E-state index in [1.807, 2.05) is 0 Å². The highest BCUT2D eigenvalue weighted by atomic mass is 31.2. The Balaban J connectivity index is 0.000000595. The van der Waals surface area contributed by atoms with Crippen LogP contribution in [0.2, 0.25) is 0 Å². The lowest BCUT2D eigenvalue weighted by atomic mass is 10.0. The molecule has 0 unspecified atom stereocenters. The van der Waals surface area contributed by atoms with Crippen LogP contribution in [0.3, 0.4) is 0 Å². The Morgan fingerprint density at radius 3 is 0.827 bits per heavy atom. The molecule has 0 aromatic heterocycles. The first kappa shape index (κ1) is 48.4. The van der Waals surface area contributed by atoms with E-state index < -0.39 is 38.1 Å². The summed E-state index contributed by atoms with van der Waals surface area (Å²) >= 11 is 0. The second kappa shape index (κ2) is 31.7. The van der Waals surface area contributed by atoms with Crippen LogP contribution in [0.4, 0.5) is 0 Å². The fraction of sp³-hybridized carbons (Fsp3) is 0.905. The Morgan fingerprint density at radius 1 is 0.365 bits per heavy atom. The van der Waals surface area contributed by atoms with E-state index in [1.165, 1.54) is 128 Å². The molecule has 0 aliphatic carbocycles. The summed E-state index contributed by atoms with van der Waals surface area (Å²) in [6.45, 7) is 5.95. The van der Waals surface area contributed by atoms with Crippen molar-refractivity contribution in [3.8, 4) is 0 Å². The number of rotatable bonds is 28. The van der Waals surface area contributed by atoms with Gasteiger partial charge in [-0.1, -0.05) is 130 Å². The molecule has 2 rings (SSSR count). The van der Waals surface area contributed by atoms with Crippen molar-refractivity contribution in [3.05, 3.63) is 0 Å². The molecule has 0 bridgehead atoms. The largest absolute Gasteiger partial charge is 0.784 e. The molecule has 0 amide bonds. The maximum atomic E-state index is 11.4. The van der Waals surface area contributed by atoms with Gasteiger partial charge in [-0.3, -0.25) is 19.2 Å². The second-order valence-electron chi connectivity index (χ2n) is 15.6. The summed E-state index contributed by atoms with van der Waals surface area (Å²) < 4.78 is 19.0. The SMILES string of the molecule is CCCCCCCCCCCCCC[P+](CCCCCC)(CCCCCC)CCCCCC.O=C1CCCC(=O)O[B-]2(O1)OC(=O)CCCC(=O)O2. The first-order valence-corrected chi connectivity index (χ1v) is 24.6. The average Bonchev–Trinajstić information content (AvgIpc) is 3.10. The molecule has 0 saturated carbocycles. The van der Waals surface area contributed by atoms with E-state index in [0.717, 1.165) is 0 Å². The molecule has 52 heavy (non-hydrogen) atoms. The first-order chi connectivity index (χ1) is 25.2. The summed E-state index contributed by atoms with van der Waals surface area (Å²) in [5.41, 5.74) is 0. The van der Waals surface area contributed by atoms with Crippen molar-refractivity contribution in [2.24, 2.45) is 0 Å². The van der Waals surface area contributed by atoms with Crippen LogP contribution in [-0.2, 0) is 37.8 Å². The fourth-order valence-electron chi connectivity index (χ4n) is 7.36. The van der Waals surface area contributed by atoms with Gasteiger partial charge in [0.25, 0.3) is 23.9 Å². The number of unbranched alkanes of at least 4 members (excludes halogenated alkanes) is 20. The van der Waals surface area contributed by atoms with Crippen molar-refractivity contribution in [1.29, 1.82) is 0 Å². The summed E-state index contributed by atoms with van der Waals surface area (Å²) in [6.07, 6.45) is 42.4. The molecule has 2 aliphatic rings. The van der Waals surface area contributed by atoms with Crippen molar-refractivity contribution in [2.45, 2.75) is 220 Å². The molecule has 0 N–H and O–H groups in total. The predicted molar refractivity (Wildman–Crippen MR) is 218 cm³/mol. The summed E-state index contributed by atoms with van der Waals surface area (Å²) in [7, 11) is -0.697. The fourth-order valence-corrected chi connectivity index (χ4v) is 12.3. The lowest BCUT2D eigenvalue weighted by molar-refractivity contribution is -0.166. The van der Waals surface area contributed by atoms with Crippen molar-refractivity contribution < 1.29 is 37.8 Å².